The van der Waals surface area contributed by atoms with E-state index in [1.165, 1.54) is 24.3 Å². The molecule has 3 aromatic rings. The van der Waals surface area contributed by atoms with Gasteiger partial charge in [0.05, 0.1) is 11.1 Å². The number of para-hydroxylation sites is 1. The van der Waals surface area contributed by atoms with E-state index in [9.17, 15) is 18.0 Å². The summed E-state index contributed by atoms with van der Waals surface area (Å²) in [7, 11) is 1.67. The van der Waals surface area contributed by atoms with Gasteiger partial charge in [-0.25, -0.2) is 4.98 Å². The molecule has 0 radical (unpaired) electrons. The third-order valence-corrected chi connectivity index (χ3v) is 5.26. The topological polar surface area (TPSA) is 45.7 Å². The van der Waals surface area contributed by atoms with E-state index in [0.717, 1.165) is 36.8 Å². The van der Waals surface area contributed by atoms with Crippen molar-refractivity contribution in [2.45, 2.75) is 25.7 Å². The second-order valence-electron chi connectivity index (χ2n) is 7.60. The zero-order chi connectivity index (χ0) is 22.0. The first-order valence-electron chi connectivity index (χ1n) is 10.0. The Morgan fingerprint density at radius 2 is 1.77 bits per heavy atom. The molecule has 1 fully saturated rings. The van der Waals surface area contributed by atoms with Crippen molar-refractivity contribution in [3.8, 4) is 5.75 Å². The van der Waals surface area contributed by atoms with Crippen molar-refractivity contribution in [2.24, 2.45) is 0 Å². The highest BCUT2D eigenvalue weighted by molar-refractivity contribution is 6.02. The minimum absolute atomic E-state index is 0.184. The molecule has 1 saturated heterocycles. The van der Waals surface area contributed by atoms with Gasteiger partial charge in [-0.15, -0.1) is 13.2 Å². The molecule has 1 amide bonds. The minimum atomic E-state index is -4.73. The molecule has 1 aliphatic rings. The number of rotatable bonds is 5. The van der Waals surface area contributed by atoms with Gasteiger partial charge in [0.15, 0.2) is 0 Å². The average molecular weight is 429 g/mol. The fourth-order valence-electron chi connectivity index (χ4n) is 3.78. The lowest BCUT2D eigenvalue weighted by Gasteiger charge is -2.24. The summed E-state index contributed by atoms with van der Waals surface area (Å²) < 4.78 is 40.9. The standard InChI is InChI=1S/C23H22F3N3O2/c1-28(15-16-8-10-18(11-9-16)31-23(24,25)26)22(30)19-14-17-6-2-3-7-20(17)27-21(19)29-12-4-5-13-29/h2-3,6-11,14H,4-5,12-13,15H2,1H3. The highest BCUT2D eigenvalue weighted by Crippen LogP contribution is 2.28. The van der Waals surface area contributed by atoms with Crippen LogP contribution in [-0.2, 0) is 6.54 Å². The van der Waals surface area contributed by atoms with Gasteiger partial charge in [0, 0.05) is 32.1 Å². The van der Waals surface area contributed by atoms with Gasteiger partial charge in [-0.05, 0) is 42.7 Å². The first-order valence-corrected chi connectivity index (χ1v) is 10.0. The van der Waals surface area contributed by atoms with E-state index < -0.39 is 6.36 Å². The quantitative estimate of drug-likeness (QED) is 0.572. The fraction of sp³-hybridized carbons (Fsp3) is 0.304. The second-order valence-corrected chi connectivity index (χ2v) is 7.60. The summed E-state index contributed by atoms with van der Waals surface area (Å²) in [5.74, 6) is 0.207. The molecular weight excluding hydrogens is 407 g/mol. The number of nitrogens with zero attached hydrogens (tertiary/aromatic N) is 3. The van der Waals surface area contributed by atoms with Crippen LogP contribution in [0.25, 0.3) is 10.9 Å². The van der Waals surface area contributed by atoms with Crippen molar-refractivity contribution in [3.63, 3.8) is 0 Å². The SMILES string of the molecule is CN(Cc1ccc(OC(F)(F)F)cc1)C(=O)c1cc2ccccc2nc1N1CCCC1. The number of anilines is 1. The molecule has 1 aromatic heterocycles. The monoisotopic (exact) mass is 429 g/mol. The van der Waals surface area contributed by atoms with E-state index in [2.05, 4.69) is 9.64 Å². The Morgan fingerprint density at radius 1 is 1.10 bits per heavy atom. The van der Waals surface area contributed by atoms with Gasteiger partial charge >= 0.3 is 6.36 Å². The van der Waals surface area contributed by atoms with Crippen LogP contribution in [0.3, 0.4) is 0 Å². The van der Waals surface area contributed by atoms with Crippen LogP contribution in [-0.4, -0.2) is 42.3 Å². The maximum absolute atomic E-state index is 13.3. The Balaban J connectivity index is 1.57. The molecule has 0 atom stereocenters. The molecule has 0 unspecified atom stereocenters. The number of aromatic nitrogens is 1. The fourth-order valence-corrected chi connectivity index (χ4v) is 3.78. The van der Waals surface area contributed by atoms with Gasteiger partial charge < -0.3 is 14.5 Å². The number of ether oxygens (including phenoxy) is 1. The first-order chi connectivity index (χ1) is 14.8. The van der Waals surface area contributed by atoms with Crippen LogP contribution in [0.5, 0.6) is 5.75 Å². The average Bonchev–Trinajstić information content (AvgIpc) is 3.27. The molecule has 1 aliphatic heterocycles. The number of pyridine rings is 1. The van der Waals surface area contributed by atoms with Crippen LogP contribution in [0.4, 0.5) is 19.0 Å². The Morgan fingerprint density at radius 3 is 2.45 bits per heavy atom. The lowest BCUT2D eigenvalue weighted by Crippen LogP contribution is -2.30. The number of amides is 1. The number of hydrogen-bond donors (Lipinski definition) is 0. The summed E-state index contributed by atoms with van der Waals surface area (Å²) in [4.78, 5) is 21.8. The highest BCUT2D eigenvalue weighted by atomic mass is 19.4. The van der Waals surface area contributed by atoms with Crippen molar-refractivity contribution < 1.29 is 22.7 Å². The normalized spacial score (nSPS) is 14.1. The van der Waals surface area contributed by atoms with E-state index in [-0.39, 0.29) is 18.2 Å². The molecule has 0 saturated carbocycles. The van der Waals surface area contributed by atoms with Gasteiger partial charge in [0.25, 0.3) is 5.91 Å². The summed E-state index contributed by atoms with van der Waals surface area (Å²) >= 11 is 0. The lowest BCUT2D eigenvalue weighted by molar-refractivity contribution is -0.274. The summed E-state index contributed by atoms with van der Waals surface area (Å²) in [6.07, 6.45) is -2.61. The number of fused-ring (bicyclic) bond motifs is 1. The van der Waals surface area contributed by atoms with E-state index in [1.54, 1.807) is 11.9 Å². The zero-order valence-electron chi connectivity index (χ0n) is 17.0. The van der Waals surface area contributed by atoms with Crippen molar-refractivity contribution in [3.05, 3.63) is 65.7 Å². The highest BCUT2D eigenvalue weighted by Gasteiger charge is 2.31. The van der Waals surface area contributed by atoms with Crippen LogP contribution in [0.2, 0.25) is 0 Å². The summed E-state index contributed by atoms with van der Waals surface area (Å²) in [6.45, 7) is 1.96. The van der Waals surface area contributed by atoms with Gasteiger partial charge in [0.2, 0.25) is 0 Å². The van der Waals surface area contributed by atoms with Crippen molar-refractivity contribution >= 4 is 22.6 Å². The zero-order valence-corrected chi connectivity index (χ0v) is 17.0. The number of carbonyl (C=O) groups is 1. The van der Waals surface area contributed by atoms with E-state index in [4.69, 9.17) is 4.98 Å². The molecule has 0 aliphatic carbocycles. The Hall–Kier alpha value is -3.29. The molecule has 8 heteroatoms. The molecule has 5 nitrogen and oxygen atoms in total. The van der Waals surface area contributed by atoms with Gasteiger partial charge in [-0.3, -0.25) is 4.79 Å². The predicted octanol–water partition coefficient (Wildman–Crippen LogP) is 5.01. The largest absolute Gasteiger partial charge is 0.573 e. The van der Waals surface area contributed by atoms with Crippen LogP contribution >= 0.6 is 0 Å². The molecule has 31 heavy (non-hydrogen) atoms. The van der Waals surface area contributed by atoms with E-state index in [0.29, 0.717) is 16.9 Å². The second kappa shape index (κ2) is 8.45. The maximum Gasteiger partial charge on any atom is 0.573 e. The molecule has 0 spiro atoms. The Bertz CT molecular complexity index is 1080. The number of carbonyl (C=O) groups excluding carboxylic acids is 1. The Kier molecular flexibility index (Phi) is 5.71. The summed E-state index contributed by atoms with van der Waals surface area (Å²) in [5.41, 5.74) is 2.06. The number of halogens is 3. The van der Waals surface area contributed by atoms with Crippen molar-refractivity contribution in [1.82, 2.24) is 9.88 Å². The number of benzene rings is 2. The smallest absolute Gasteiger partial charge is 0.406 e. The number of hydrogen-bond acceptors (Lipinski definition) is 4. The van der Waals surface area contributed by atoms with Crippen LogP contribution in [0, 0.1) is 0 Å². The first kappa shape index (κ1) is 21.0. The van der Waals surface area contributed by atoms with Crippen molar-refractivity contribution in [2.75, 3.05) is 25.0 Å². The molecule has 162 valence electrons. The minimum Gasteiger partial charge on any atom is -0.406 e. The molecule has 0 bridgehead atoms. The summed E-state index contributed by atoms with van der Waals surface area (Å²) in [6, 6.07) is 15.1. The molecule has 4 rings (SSSR count). The van der Waals surface area contributed by atoms with Crippen LogP contribution in [0.1, 0.15) is 28.8 Å². The molecule has 0 N–H and O–H groups in total. The van der Waals surface area contributed by atoms with Gasteiger partial charge in [-0.2, -0.15) is 0 Å². The third kappa shape index (κ3) is 4.90. The van der Waals surface area contributed by atoms with Crippen LogP contribution < -0.4 is 9.64 Å². The maximum atomic E-state index is 13.3. The van der Waals surface area contributed by atoms with Gasteiger partial charge in [-0.1, -0.05) is 30.3 Å². The lowest BCUT2D eigenvalue weighted by atomic mass is 10.1. The van der Waals surface area contributed by atoms with E-state index >= 15 is 0 Å². The third-order valence-electron chi connectivity index (χ3n) is 5.26. The molecule has 2 heterocycles. The predicted molar refractivity (Wildman–Crippen MR) is 112 cm³/mol. The van der Waals surface area contributed by atoms with Crippen LogP contribution in [0.15, 0.2) is 54.6 Å². The number of alkyl halides is 3. The summed E-state index contributed by atoms with van der Waals surface area (Å²) in [5, 5.41) is 0.885. The molecular formula is C23H22F3N3O2. The Labute approximate surface area is 178 Å². The van der Waals surface area contributed by atoms with E-state index in [1.807, 2.05) is 30.3 Å². The van der Waals surface area contributed by atoms with Crippen molar-refractivity contribution in [1.29, 1.82) is 0 Å². The molecule has 2 aromatic carbocycles. The van der Waals surface area contributed by atoms with Gasteiger partial charge in [0.1, 0.15) is 11.6 Å².